The fourth-order valence-corrected chi connectivity index (χ4v) is 3.08. The first-order valence-corrected chi connectivity index (χ1v) is 6.62. The van der Waals surface area contributed by atoms with Crippen molar-refractivity contribution in [3.8, 4) is 17.3 Å². The normalized spacial score (nSPS) is 22.1. The standard InChI is InChI=1S/C14H12N2S/c1-9-5-12(9)14-16-13(8-17-14)11-4-2-3-10(6-11)7-15/h2-4,6,8-9,12H,5H2,1H3. The molecule has 3 rings (SSSR count). The lowest BCUT2D eigenvalue weighted by molar-refractivity contribution is 0.906. The zero-order valence-electron chi connectivity index (χ0n) is 9.55. The Hall–Kier alpha value is -1.66. The molecule has 0 bridgehead atoms. The van der Waals surface area contributed by atoms with E-state index in [0.717, 1.165) is 17.2 Å². The Bertz CT molecular complexity index is 594. The van der Waals surface area contributed by atoms with Crippen LogP contribution in [0.4, 0.5) is 0 Å². The number of nitriles is 1. The van der Waals surface area contributed by atoms with Gasteiger partial charge >= 0.3 is 0 Å². The summed E-state index contributed by atoms with van der Waals surface area (Å²) >= 11 is 1.74. The van der Waals surface area contributed by atoms with Gasteiger partial charge < -0.3 is 0 Å². The SMILES string of the molecule is CC1CC1c1nc(-c2cccc(C#N)c2)cs1. The monoisotopic (exact) mass is 240 g/mol. The van der Waals surface area contributed by atoms with Gasteiger partial charge in [0.15, 0.2) is 0 Å². The van der Waals surface area contributed by atoms with E-state index in [1.165, 1.54) is 11.4 Å². The fraction of sp³-hybridized carbons (Fsp3) is 0.286. The molecule has 0 amide bonds. The molecule has 1 aromatic heterocycles. The van der Waals surface area contributed by atoms with Gasteiger partial charge in [-0.3, -0.25) is 0 Å². The maximum atomic E-state index is 8.88. The minimum Gasteiger partial charge on any atom is -0.241 e. The van der Waals surface area contributed by atoms with Crippen LogP contribution in [0.5, 0.6) is 0 Å². The zero-order valence-corrected chi connectivity index (χ0v) is 10.4. The van der Waals surface area contributed by atoms with Crippen LogP contribution in [-0.4, -0.2) is 4.98 Å². The largest absolute Gasteiger partial charge is 0.241 e. The molecule has 2 aromatic rings. The summed E-state index contributed by atoms with van der Waals surface area (Å²) in [4.78, 5) is 4.68. The van der Waals surface area contributed by atoms with Crippen molar-refractivity contribution in [2.75, 3.05) is 0 Å². The quantitative estimate of drug-likeness (QED) is 0.800. The molecule has 84 valence electrons. The molecule has 0 spiro atoms. The number of aromatic nitrogens is 1. The minimum atomic E-state index is 0.674. The molecule has 0 saturated heterocycles. The molecular weight excluding hydrogens is 228 g/mol. The van der Waals surface area contributed by atoms with Gasteiger partial charge in [-0.05, 0) is 24.5 Å². The Morgan fingerprint density at radius 3 is 3.00 bits per heavy atom. The van der Waals surface area contributed by atoms with E-state index >= 15 is 0 Å². The molecule has 3 heteroatoms. The van der Waals surface area contributed by atoms with Gasteiger partial charge in [-0.1, -0.05) is 19.1 Å². The molecule has 0 radical (unpaired) electrons. The van der Waals surface area contributed by atoms with Gasteiger partial charge in [-0.2, -0.15) is 5.26 Å². The molecule has 17 heavy (non-hydrogen) atoms. The predicted octanol–water partition coefficient (Wildman–Crippen LogP) is 3.81. The van der Waals surface area contributed by atoms with Gasteiger partial charge in [0.1, 0.15) is 0 Å². The summed E-state index contributed by atoms with van der Waals surface area (Å²) < 4.78 is 0. The van der Waals surface area contributed by atoms with Crippen LogP contribution >= 0.6 is 11.3 Å². The Morgan fingerprint density at radius 2 is 2.29 bits per heavy atom. The average Bonchev–Trinajstić information content (AvgIpc) is 2.92. The van der Waals surface area contributed by atoms with Crippen LogP contribution in [0, 0.1) is 17.2 Å². The third-order valence-corrected chi connectivity index (χ3v) is 4.21. The lowest BCUT2D eigenvalue weighted by atomic mass is 10.1. The molecule has 2 atom stereocenters. The van der Waals surface area contributed by atoms with Crippen molar-refractivity contribution < 1.29 is 0 Å². The Morgan fingerprint density at radius 1 is 1.47 bits per heavy atom. The highest BCUT2D eigenvalue weighted by Crippen LogP contribution is 2.48. The van der Waals surface area contributed by atoms with Gasteiger partial charge in [0, 0.05) is 16.9 Å². The number of nitrogens with zero attached hydrogens (tertiary/aromatic N) is 2. The highest BCUT2D eigenvalue weighted by Gasteiger charge is 2.36. The molecule has 2 unspecified atom stereocenters. The summed E-state index contributed by atoms with van der Waals surface area (Å²) in [7, 11) is 0. The van der Waals surface area contributed by atoms with Gasteiger partial charge in [-0.25, -0.2) is 4.98 Å². The van der Waals surface area contributed by atoms with Crippen LogP contribution in [0.25, 0.3) is 11.3 Å². The van der Waals surface area contributed by atoms with E-state index in [1.807, 2.05) is 24.3 Å². The molecule has 1 heterocycles. The first-order valence-electron chi connectivity index (χ1n) is 5.74. The van der Waals surface area contributed by atoms with Gasteiger partial charge in [0.25, 0.3) is 0 Å². The fourth-order valence-electron chi connectivity index (χ4n) is 2.00. The maximum absolute atomic E-state index is 8.88. The Kier molecular flexibility index (Phi) is 2.45. The van der Waals surface area contributed by atoms with E-state index in [-0.39, 0.29) is 0 Å². The number of thiazole rings is 1. The molecule has 1 aliphatic rings. The maximum Gasteiger partial charge on any atom is 0.0991 e. The van der Waals surface area contributed by atoms with Crippen LogP contribution in [0.3, 0.4) is 0 Å². The van der Waals surface area contributed by atoms with Crippen LogP contribution in [0.1, 0.15) is 29.8 Å². The molecule has 1 saturated carbocycles. The van der Waals surface area contributed by atoms with E-state index in [9.17, 15) is 0 Å². The summed E-state index contributed by atoms with van der Waals surface area (Å²) in [6.45, 7) is 2.27. The molecule has 0 N–H and O–H groups in total. The summed E-state index contributed by atoms with van der Waals surface area (Å²) in [5.74, 6) is 1.47. The summed E-state index contributed by atoms with van der Waals surface area (Å²) in [5, 5.41) is 12.2. The van der Waals surface area contributed by atoms with E-state index in [2.05, 4.69) is 23.4 Å². The van der Waals surface area contributed by atoms with Crippen molar-refractivity contribution in [1.82, 2.24) is 4.98 Å². The summed E-state index contributed by atoms with van der Waals surface area (Å²) in [6, 6.07) is 9.80. The van der Waals surface area contributed by atoms with E-state index in [0.29, 0.717) is 11.5 Å². The smallest absolute Gasteiger partial charge is 0.0991 e. The van der Waals surface area contributed by atoms with Crippen molar-refractivity contribution in [1.29, 1.82) is 5.26 Å². The van der Waals surface area contributed by atoms with Crippen molar-refractivity contribution in [3.63, 3.8) is 0 Å². The predicted molar refractivity (Wildman–Crippen MR) is 68.8 cm³/mol. The van der Waals surface area contributed by atoms with Crippen molar-refractivity contribution in [2.24, 2.45) is 5.92 Å². The number of benzene rings is 1. The lowest BCUT2D eigenvalue weighted by Gasteiger charge is -1.96. The summed E-state index contributed by atoms with van der Waals surface area (Å²) in [6.07, 6.45) is 1.27. The van der Waals surface area contributed by atoms with Crippen LogP contribution in [-0.2, 0) is 0 Å². The summed E-state index contributed by atoms with van der Waals surface area (Å²) in [5.41, 5.74) is 2.73. The zero-order chi connectivity index (χ0) is 11.8. The number of rotatable bonds is 2. The second-order valence-corrected chi connectivity index (χ2v) is 5.47. The van der Waals surface area contributed by atoms with Crippen LogP contribution < -0.4 is 0 Å². The van der Waals surface area contributed by atoms with Gasteiger partial charge in [0.05, 0.1) is 22.3 Å². The van der Waals surface area contributed by atoms with Gasteiger partial charge in [-0.15, -0.1) is 11.3 Å². The lowest BCUT2D eigenvalue weighted by Crippen LogP contribution is -1.82. The second-order valence-electron chi connectivity index (χ2n) is 4.58. The van der Waals surface area contributed by atoms with Crippen molar-refractivity contribution in [3.05, 3.63) is 40.2 Å². The molecule has 1 fully saturated rings. The first-order chi connectivity index (χ1) is 8.28. The number of hydrogen-bond donors (Lipinski definition) is 0. The second kappa shape index (κ2) is 3.97. The average molecular weight is 240 g/mol. The van der Waals surface area contributed by atoms with Crippen molar-refractivity contribution in [2.45, 2.75) is 19.3 Å². The molecular formula is C14H12N2S. The van der Waals surface area contributed by atoms with Crippen LogP contribution in [0.2, 0.25) is 0 Å². The molecule has 0 aliphatic heterocycles. The van der Waals surface area contributed by atoms with Crippen LogP contribution in [0.15, 0.2) is 29.6 Å². The Labute approximate surface area is 105 Å². The molecule has 1 aromatic carbocycles. The van der Waals surface area contributed by atoms with Crippen molar-refractivity contribution >= 4 is 11.3 Å². The van der Waals surface area contributed by atoms with E-state index in [4.69, 9.17) is 5.26 Å². The minimum absolute atomic E-state index is 0.674. The number of hydrogen-bond acceptors (Lipinski definition) is 3. The van der Waals surface area contributed by atoms with E-state index < -0.39 is 0 Å². The van der Waals surface area contributed by atoms with E-state index in [1.54, 1.807) is 11.3 Å². The molecule has 2 nitrogen and oxygen atoms in total. The topological polar surface area (TPSA) is 36.7 Å². The highest BCUT2D eigenvalue weighted by atomic mass is 32.1. The highest BCUT2D eigenvalue weighted by molar-refractivity contribution is 7.10. The first kappa shape index (κ1) is 10.5. The Balaban J connectivity index is 1.93. The molecule has 1 aliphatic carbocycles. The third-order valence-electron chi connectivity index (χ3n) is 3.24. The third kappa shape index (κ3) is 1.96. The van der Waals surface area contributed by atoms with Gasteiger partial charge in [0.2, 0.25) is 0 Å².